The zero-order chi connectivity index (χ0) is 18.8. The first-order chi connectivity index (χ1) is 13.2. The van der Waals surface area contributed by atoms with Crippen molar-refractivity contribution in [2.75, 3.05) is 14.2 Å². The molecular formula is C22H23N3O2. The van der Waals surface area contributed by atoms with Crippen LogP contribution in [-0.4, -0.2) is 24.2 Å². The van der Waals surface area contributed by atoms with Gasteiger partial charge < -0.3 is 9.47 Å². The summed E-state index contributed by atoms with van der Waals surface area (Å²) in [6, 6.07) is 14.4. The summed E-state index contributed by atoms with van der Waals surface area (Å²) in [5, 5.41) is 3.73. The summed E-state index contributed by atoms with van der Waals surface area (Å²) in [5.41, 5.74) is 5.54. The molecule has 0 aliphatic carbocycles. The van der Waals surface area contributed by atoms with Crippen LogP contribution < -0.4 is 14.8 Å². The summed E-state index contributed by atoms with van der Waals surface area (Å²) in [6.45, 7) is 2.05. The summed E-state index contributed by atoms with van der Waals surface area (Å²) in [5.74, 6) is 1.47. The second-order valence-electron chi connectivity index (χ2n) is 6.78. The largest absolute Gasteiger partial charge is 0.493 e. The minimum absolute atomic E-state index is 0.0390. The van der Waals surface area contributed by atoms with Gasteiger partial charge in [0.25, 0.3) is 0 Å². The van der Waals surface area contributed by atoms with Gasteiger partial charge in [0.2, 0.25) is 0 Å². The van der Waals surface area contributed by atoms with Gasteiger partial charge in [-0.25, -0.2) is 0 Å². The van der Waals surface area contributed by atoms with Gasteiger partial charge in [0.05, 0.1) is 37.7 Å². The summed E-state index contributed by atoms with van der Waals surface area (Å²) < 4.78 is 11.0. The third-order valence-corrected chi connectivity index (χ3v) is 5.02. The number of ether oxygens (including phenoxy) is 2. The fourth-order valence-electron chi connectivity index (χ4n) is 3.62. The Balaban J connectivity index is 1.81. The van der Waals surface area contributed by atoms with Gasteiger partial charge in [-0.1, -0.05) is 12.1 Å². The predicted octanol–water partition coefficient (Wildman–Crippen LogP) is 3.78. The van der Waals surface area contributed by atoms with E-state index in [9.17, 15) is 0 Å². The van der Waals surface area contributed by atoms with Crippen molar-refractivity contribution in [3.05, 3.63) is 82.9 Å². The summed E-state index contributed by atoms with van der Waals surface area (Å²) >= 11 is 0. The molecule has 0 amide bonds. The smallest absolute Gasteiger partial charge is 0.161 e. The fourth-order valence-corrected chi connectivity index (χ4v) is 3.62. The van der Waals surface area contributed by atoms with E-state index in [2.05, 4.69) is 39.6 Å². The lowest BCUT2D eigenvalue weighted by Crippen LogP contribution is -2.35. The van der Waals surface area contributed by atoms with E-state index in [1.807, 2.05) is 37.5 Å². The van der Waals surface area contributed by atoms with E-state index in [0.717, 1.165) is 40.4 Å². The lowest BCUT2D eigenvalue weighted by atomic mass is 9.86. The zero-order valence-electron chi connectivity index (χ0n) is 15.8. The Hall–Kier alpha value is -2.92. The highest BCUT2D eigenvalue weighted by Crippen LogP contribution is 2.40. The number of hydrogen-bond donors (Lipinski definition) is 1. The van der Waals surface area contributed by atoms with E-state index in [1.54, 1.807) is 14.2 Å². The SMILES string of the molecule is COc1cc2c(cc1OC)[C@@H](c1ccccn1)N[C@@H](c1ccc(C)cn1)C2. The highest BCUT2D eigenvalue weighted by molar-refractivity contribution is 5.51. The maximum Gasteiger partial charge on any atom is 0.161 e. The number of nitrogens with zero attached hydrogens (tertiary/aromatic N) is 2. The number of hydrogen-bond acceptors (Lipinski definition) is 5. The lowest BCUT2D eigenvalue weighted by molar-refractivity contribution is 0.350. The van der Waals surface area contributed by atoms with Gasteiger partial charge in [0.1, 0.15) is 0 Å². The first-order valence-electron chi connectivity index (χ1n) is 9.04. The van der Waals surface area contributed by atoms with Crippen molar-refractivity contribution < 1.29 is 9.47 Å². The Labute approximate surface area is 159 Å². The number of benzene rings is 1. The fraction of sp³-hybridized carbons (Fsp3) is 0.273. The molecule has 3 heterocycles. The number of aromatic nitrogens is 2. The Morgan fingerprint density at radius 2 is 1.78 bits per heavy atom. The standard InChI is InChI=1S/C22H23N3O2/c1-14-7-8-17(24-13-14)19-10-15-11-20(26-2)21(27-3)12-16(15)22(25-19)18-6-4-5-9-23-18/h4-9,11-13,19,22,25H,10H2,1-3H3/t19-,22+/m1/s1. The Bertz CT molecular complexity index is 926. The molecule has 5 heteroatoms. The normalized spacial score (nSPS) is 18.6. The van der Waals surface area contributed by atoms with E-state index in [1.165, 1.54) is 5.56 Å². The Morgan fingerprint density at radius 3 is 2.44 bits per heavy atom. The van der Waals surface area contributed by atoms with E-state index < -0.39 is 0 Å². The molecule has 2 aromatic heterocycles. The van der Waals surface area contributed by atoms with Gasteiger partial charge in [-0.15, -0.1) is 0 Å². The number of aryl methyl sites for hydroxylation is 1. The first-order valence-corrected chi connectivity index (χ1v) is 9.04. The third kappa shape index (κ3) is 3.38. The zero-order valence-corrected chi connectivity index (χ0v) is 15.8. The lowest BCUT2D eigenvalue weighted by Gasteiger charge is -2.33. The number of methoxy groups -OCH3 is 2. The van der Waals surface area contributed by atoms with Crippen molar-refractivity contribution in [2.24, 2.45) is 0 Å². The second kappa shape index (κ2) is 7.37. The van der Waals surface area contributed by atoms with E-state index >= 15 is 0 Å². The molecule has 5 nitrogen and oxygen atoms in total. The van der Waals surface area contributed by atoms with Gasteiger partial charge >= 0.3 is 0 Å². The van der Waals surface area contributed by atoms with Gasteiger partial charge in [0, 0.05) is 12.4 Å². The first kappa shape index (κ1) is 17.5. The van der Waals surface area contributed by atoms with Crippen LogP contribution in [0, 0.1) is 6.92 Å². The number of rotatable bonds is 4. The molecule has 2 atom stereocenters. The van der Waals surface area contributed by atoms with Crippen LogP contribution >= 0.6 is 0 Å². The molecule has 1 aliphatic rings. The minimum Gasteiger partial charge on any atom is -0.493 e. The van der Waals surface area contributed by atoms with Crippen LogP contribution in [0.5, 0.6) is 11.5 Å². The Kier molecular flexibility index (Phi) is 4.77. The molecule has 1 N–H and O–H groups in total. The van der Waals surface area contributed by atoms with Gasteiger partial charge in [-0.05, 0) is 60.4 Å². The van der Waals surface area contributed by atoms with Crippen LogP contribution in [-0.2, 0) is 6.42 Å². The molecule has 0 spiro atoms. The second-order valence-corrected chi connectivity index (χ2v) is 6.78. The van der Waals surface area contributed by atoms with E-state index in [0.29, 0.717) is 0 Å². The van der Waals surface area contributed by atoms with Crippen LogP contribution in [0.15, 0.2) is 54.9 Å². The van der Waals surface area contributed by atoms with Crippen molar-refractivity contribution in [1.82, 2.24) is 15.3 Å². The summed E-state index contributed by atoms with van der Waals surface area (Å²) in [7, 11) is 3.33. The van der Waals surface area contributed by atoms with Crippen molar-refractivity contribution in [3.63, 3.8) is 0 Å². The van der Waals surface area contributed by atoms with Crippen molar-refractivity contribution in [1.29, 1.82) is 0 Å². The summed E-state index contributed by atoms with van der Waals surface area (Å²) in [4.78, 5) is 9.23. The number of fused-ring (bicyclic) bond motifs is 1. The van der Waals surface area contributed by atoms with Crippen LogP contribution in [0.3, 0.4) is 0 Å². The maximum absolute atomic E-state index is 5.53. The average Bonchev–Trinajstić information content (AvgIpc) is 2.73. The molecule has 1 aliphatic heterocycles. The van der Waals surface area contributed by atoms with Crippen molar-refractivity contribution in [3.8, 4) is 11.5 Å². The quantitative estimate of drug-likeness (QED) is 0.766. The third-order valence-electron chi connectivity index (χ3n) is 5.02. The average molecular weight is 361 g/mol. The molecule has 4 rings (SSSR count). The molecular weight excluding hydrogens is 338 g/mol. The van der Waals surface area contributed by atoms with Crippen molar-refractivity contribution >= 4 is 0 Å². The molecule has 138 valence electrons. The van der Waals surface area contributed by atoms with Gasteiger partial charge in [0.15, 0.2) is 11.5 Å². The van der Waals surface area contributed by atoms with Crippen LogP contribution in [0.25, 0.3) is 0 Å². The molecule has 0 fully saturated rings. The van der Waals surface area contributed by atoms with Crippen LogP contribution in [0.4, 0.5) is 0 Å². The molecule has 1 aromatic carbocycles. The van der Waals surface area contributed by atoms with E-state index in [-0.39, 0.29) is 12.1 Å². The number of pyridine rings is 2. The van der Waals surface area contributed by atoms with E-state index in [4.69, 9.17) is 9.47 Å². The van der Waals surface area contributed by atoms with Gasteiger partial charge in [-0.3, -0.25) is 15.3 Å². The maximum atomic E-state index is 5.53. The predicted molar refractivity (Wildman–Crippen MR) is 104 cm³/mol. The number of nitrogens with one attached hydrogen (secondary N) is 1. The topological polar surface area (TPSA) is 56.3 Å². The van der Waals surface area contributed by atoms with Crippen LogP contribution in [0.1, 0.15) is 40.2 Å². The molecule has 0 bridgehead atoms. The molecule has 27 heavy (non-hydrogen) atoms. The highest BCUT2D eigenvalue weighted by Gasteiger charge is 2.31. The molecule has 3 aromatic rings. The highest BCUT2D eigenvalue weighted by atomic mass is 16.5. The monoisotopic (exact) mass is 361 g/mol. The van der Waals surface area contributed by atoms with Gasteiger partial charge in [-0.2, -0.15) is 0 Å². The summed E-state index contributed by atoms with van der Waals surface area (Å²) in [6.07, 6.45) is 4.57. The molecule has 0 saturated heterocycles. The minimum atomic E-state index is -0.0390. The van der Waals surface area contributed by atoms with Crippen LogP contribution in [0.2, 0.25) is 0 Å². The molecule has 0 unspecified atom stereocenters. The molecule has 0 saturated carbocycles. The molecule has 0 radical (unpaired) electrons. The Morgan fingerprint density at radius 1 is 0.963 bits per heavy atom. The van der Waals surface area contributed by atoms with Crippen molar-refractivity contribution in [2.45, 2.75) is 25.4 Å².